The quantitative estimate of drug-likeness (QED) is 0.590. The van der Waals surface area contributed by atoms with Gasteiger partial charge in [-0.3, -0.25) is 9.40 Å². The molecule has 0 amide bonds. The molecule has 126 valence electrons. The molecule has 0 aliphatic heterocycles. The van der Waals surface area contributed by atoms with E-state index in [-0.39, 0.29) is 5.03 Å². The van der Waals surface area contributed by atoms with Crippen molar-refractivity contribution in [2.75, 3.05) is 4.72 Å². The molecule has 0 bridgehead atoms. The van der Waals surface area contributed by atoms with Crippen molar-refractivity contribution < 1.29 is 8.42 Å². The molecule has 0 atom stereocenters. The van der Waals surface area contributed by atoms with Crippen LogP contribution in [0.15, 0.2) is 65.8 Å². The normalized spacial score (nSPS) is 11.7. The van der Waals surface area contributed by atoms with Crippen LogP contribution in [0, 0.1) is 0 Å². The third-order valence-electron chi connectivity index (χ3n) is 3.85. The summed E-state index contributed by atoms with van der Waals surface area (Å²) in [5.74, 6) is 0.738. The number of aryl methyl sites for hydroxylation is 1. The van der Waals surface area contributed by atoms with Crippen LogP contribution in [0.4, 0.5) is 5.69 Å². The Kier molecular flexibility index (Phi) is 3.54. The fraction of sp³-hybridized carbons (Fsp3) is 0.0588. The van der Waals surface area contributed by atoms with Gasteiger partial charge in [0.2, 0.25) is 0 Å². The fourth-order valence-corrected chi connectivity index (χ4v) is 3.80. The molecular weight excluding hydrogens is 338 g/mol. The maximum absolute atomic E-state index is 12.4. The van der Waals surface area contributed by atoms with Crippen molar-refractivity contribution in [3.63, 3.8) is 0 Å². The Labute approximate surface area is 144 Å². The molecule has 0 fully saturated rings. The van der Waals surface area contributed by atoms with Gasteiger partial charge in [0.05, 0.1) is 17.2 Å². The highest BCUT2D eigenvalue weighted by molar-refractivity contribution is 7.92. The molecule has 4 aromatic rings. The van der Waals surface area contributed by atoms with E-state index < -0.39 is 10.0 Å². The molecule has 0 aliphatic rings. The second kappa shape index (κ2) is 5.75. The van der Waals surface area contributed by atoms with Crippen molar-refractivity contribution in [3.8, 4) is 11.4 Å². The minimum atomic E-state index is -3.67. The van der Waals surface area contributed by atoms with Gasteiger partial charge in [-0.05, 0) is 42.5 Å². The maximum atomic E-state index is 12.4. The number of nitrogens with zero attached hydrogens (tertiary/aromatic N) is 3. The van der Waals surface area contributed by atoms with Crippen LogP contribution in [0.1, 0.15) is 0 Å². The number of rotatable bonds is 4. The van der Waals surface area contributed by atoms with Gasteiger partial charge in [-0.1, -0.05) is 12.1 Å². The van der Waals surface area contributed by atoms with E-state index in [9.17, 15) is 8.42 Å². The molecule has 0 unspecified atom stereocenters. The third kappa shape index (κ3) is 2.87. The molecule has 4 rings (SSSR count). The van der Waals surface area contributed by atoms with E-state index in [0.29, 0.717) is 5.69 Å². The topological polar surface area (TPSA) is 92.7 Å². The Morgan fingerprint density at radius 1 is 1.04 bits per heavy atom. The number of anilines is 1. The summed E-state index contributed by atoms with van der Waals surface area (Å²) in [6.45, 7) is 0. The number of fused-ring (bicyclic) bond motifs is 1. The molecule has 2 N–H and O–H groups in total. The molecule has 7 nitrogen and oxygen atoms in total. The van der Waals surface area contributed by atoms with Crippen LogP contribution in [0.2, 0.25) is 0 Å². The average molecular weight is 353 g/mol. The van der Waals surface area contributed by atoms with Crippen LogP contribution in [-0.2, 0) is 17.1 Å². The Morgan fingerprint density at radius 3 is 2.48 bits per heavy atom. The Balaban J connectivity index is 1.61. The molecule has 0 saturated heterocycles. The zero-order valence-electron chi connectivity index (χ0n) is 13.3. The first kappa shape index (κ1) is 15.4. The highest BCUT2D eigenvalue weighted by Crippen LogP contribution is 2.23. The first-order valence-electron chi connectivity index (χ1n) is 7.59. The highest BCUT2D eigenvalue weighted by Gasteiger charge is 2.18. The summed E-state index contributed by atoms with van der Waals surface area (Å²) >= 11 is 0. The van der Waals surface area contributed by atoms with Crippen LogP contribution < -0.4 is 4.72 Å². The number of benzene rings is 2. The first-order valence-corrected chi connectivity index (χ1v) is 9.07. The first-order chi connectivity index (χ1) is 12.0. The van der Waals surface area contributed by atoms with Crippen LogP contribution in [0.5, 0.6) is 0 Å². The largest absolute Gasteiger partial charge is 0.338 e. The van der Waals surface area contributed by atoms with E-state index in [0.717, 1.165) is 22.4 Å². The van der Waals surface area contributed by atoms with Crippen molar-refractivity contribution in [1.29, 1.82) is 0 Å². The van der Waals surface area contributed by atoms with Gasteiger partial charge in [0.15, 0.2) is 5.03 Å². The molecule has 0 spiro atoms. The predicted octanol–water partition coefficient (Wildman–Crippen LogP) is 2.76. The molecule has 0 saturated carbocycles. The van der Waals surface area contributed by atoms with Crippen molar-refractivity contribution in [1.82, 2.24) is 19.7 Å². The summed E-state index contributed by atoms with van der Waals surface area (Å²) in [5.41, 5.74) is 3.19. The van der Waals surface area contributed by atoms with Crippen LogP contribution in [0.25, 0.3) is 22.4 Å². The van der Waals surface area contributed by atoms with Gasteiger partial charge < -0.3 is 4.98 Å². The van der Waals surface area contributed by atoms with E-state index in [1.54, 1.807) is 19.2 Å². The third-order valence-corrected chi connectivity index (χ3v) is 5.31. The number of hydrogen-bond acceptors (Lipinski definition) is 4. The molecule has 8 heteroatoms. The number of para-hydroxylation sites is 2. The van der Waals surface area contributed by atoms with E-state index in [1.807, 2.05) is 36.4 Å². The molecule has 2 aromatic carbocycles. The van der Waals surface area contributed by atoms with Gasteiger partial charge in [-0.2, -0.15) is 13.5 Å². The second-order valence-corrected chi connectivity index (χ2v) is 7.21. The van der Waals surface area contributed by atoms with E-state index in [1.165, 1.54) is 16.9 Å². The van der Waals surface area contributed by atoms with Crippen molar-refractivity contribution in [3.05, 3.63) is 60.8 Å². The summed E-state index contributed by atoms with van der Waals surface area (Å²) in [5, 5.41) is 3.99. The van der Waals surface area contributed by atoms with E-state index >= 15 is 0 Å². The van der Waals surface area contributed by atoms with Gasteiger partial charge in [-0.15, -0.1) is 0 Å². The monoisotopic (exact) mass is 353 g/mol. The number of hydrogen-bond donors (Lipinski definition) is 2. The zero-order valence-corrected chi connectivity index (χ0v) is 14.2. The molecule has 0 aliphatic carbocycles. The minimum Gasteiger partial charge on any atom is -0.338 e. The van der Waals surface area contributed by atoms with Gasteiger partial charge in [0.25, 0.3) is 10.0 Å². The van der Waals surface area contributed by atoms with Crippen molar-refractivity contribution >= 4 is 26.7 Å². The Hall–Kier alpha value is -3.13. The molecule has 2 aromatic heterocycles. The predicted molar refractivity (Wildman–Crippen MR) is 95.5 cm³/mol. The molecule has 2 heterocycles. The minimum absolute atomic E-state index is 0.105. The number of aromatic nitrogens is 4. The van der Waals surface area contributed by atoms with E-state index in [2.05, 4.69) is 19.8 Å². The number of nitrogens with one attached hydrogen (secondary N) is 2. The number of sulfonamides is 1. The van der Waals surface area contributed by atoms with Gasteiger partial charge >= 0.3 is 0 Å². The average Bonchev–Trinajstić information content (AvgIpc) is 3.21. The molecule has 0 radical (unpaired) electrons. The van der Waals surface area contributed by atoms with Gasteiger partial charge in [-0.25, -0.2) is 4.98 Å². The van der Waals surface area contributed by atoms with Crippen molar-refractivity contribution in [2.24, 2.45) is 7.05 Å². The molecule has 25 heavy (non-hydrogen) atoms. The van der Waals surface area contributed by atoms with Crippen LogP contribution in [-0.4, -0.2) is 28.2 Å². The summed E-state index contributed by atoms with van der Waals surface area (Å²) in [4.78, 5) is 7.78. The lowest BCUT2D eigenvalue weighted by atomic mass is 10.2. The number of aromatic amines is 1. The molecular formula is C17H15N5O2S. The number of H-pyrrole nitrogens is 1. The van der Waals surface area contributed by atoms with E-state index in [4.69, 9.17) is 0 Å². The van der Waals surface area contributed by atoms with Gasteiger partial charge in [0, 0.05) is 18.3 Å². The fourth-order valence-electron chi connectivity index (χ4n) is 2.62. The van der Waals surface area contributed by atoms with Crippen molar-refractivity contribution in [2.45, 2.75) is 5.03 Å². The summed E-state index contributed by atoms with van der Waals surface area (Å²) < 4.78 is 28.6. The standard InChI is InChI=1S/C17H15N5O2S/c1-22-16(10-11-18-22)25(23,24)21-13-8-6-12(7-9-13)17-19-14-4-2-3-5-15(14)20-17/h2-11,21H,1H3,(H,19,20). The Morgan fingerprint density at radius 2 is 1.80 bits per heavy atom. The smallest absolute Gasteiger partial charge is 0.279 e. The van der Waals surface area contributed by atoms with Crippen LogP contribution >= 0.6 is 0 Å². The van der Waals surface area contributed by atoms with Gasteiger partial charge in [0.1, 0.15) is 5.82 Å². The maximum Gasteiger partial charge on any atom is 0.279 e. The summed E-state index contributed by atoms with van der Waals surface area (Å²) in [6.07, 6.45) is 1.44. The lowest BCUT2D eigenvalue weighted by molar-refractivity contribution is 0.582. The lowest BCUT2D eigenvalue weighted by Crippen LogP contribution is -2.16. The Bertz CT molecular complexity index is 1110. The summed E-state index contributed by atoms with van der Waals surface area (Å²) in [7, 11) is -2.09. The summed E-state index contributed by atoms with van der Waals surface area (Å²) in [6, 6.07) is 16.3. The second-order valence-electron chi connectivity index (χ2n) is 5.58. The highest BCUT2D eigenvalue weighted by atomic mass is 32.2. The van der Waals surface area contributed by atoms with Crippen LogP contribution in [0.3, 0.4) is 0 Å². The lowest BCUT2D eigenvalue weighted by Gasteiger charge is -2.08. The SMILES string of the molecule is Cn1nccc1S(=O)(=O)Nc1ccc(-c2nc3ccccc3[nH]2)cc1. The number of imidazole rings is 1. The zero-order chi connectivity index (χ0) is 17.4.